The number of benzene rings is 1. The minimum absolute atomic E-state index is 0. The first-order valence-corrected chi connectivity index (χ1v) is 7.77. The summed E-state index contributed by atoms with van der Waals surface area (Å²) in [6.45, 7) is 2.31. The molecule has 24 heavy (non-hydrogen) atoms. The lowest BCUT2D eigenvalue weighted by atomic mass is 9.95. The highest BCUT2D eigenvalue weighted by Gasteiger charge is 2.41. The van der Waals surface area contributed by atoms with E-state index in [2.05, 4.69) is 5.32 Å². The number of hydrogen-bond acceptors (Lipinski definition) is 4. The highest BCUT2D eigenvalue weighted by atomic mass is 35.5. The van der Waals surface area contributed by atoms with Gasteiger partial charge in [0.1, 0.15) is 0 Å². The zero-order valence-corrected chi connectivity index (χ0v) is 14.7. The van der Waals surface area contributed by atoms with Crippen LogP contribution in [0.15, 0.2) is 18.2 Å². The molecule has 1 aliphatic rings. The van der Waals surface area contributed by atoms with Crippen molar-refractivity contribution in [2.24, 2.45) is 11.7 Å². The largest absolute Gasteiger partial charge is 0.494 e. The van der Waals surface area contributed by atoms with Gasteiger partial charge in [0.15, 0.2) is 17.3 Å². The smallest absolute Gasteiger partial charge is 0.220 e. The Hall–Kier alpha value is -1.66. The predicted molar refractivity (Wildman–Crippen MR) is 92.1 cm³/mol. The molecular formula is C17H24ClFN2O3. The van der Waals surface area contributed by atoms with Crippen molar-refractivity contribution in [3.05, 3.63) is 29.6 Å². The van der Waals surface area contributed by atoms with Crippen molar-refractivity contribution in [1.82, 2.24) is 5.32 Å². The number of hydrogen-bond donors (Lipinski definition) is 2. The number of amides is 1. The maximum absolute atomic E-state index is 13.6. The van der Waals surface area contributed by atoms with Crippen LogP contribution in [0.3, 0.4) is 0 Å². The Balaban J connectivity index is 0.00000288. The van der Waals surface area contributed by atoms with Gasteiger partial charge in [0, 0.05) is 24.9 Å². The topological polar surface area (TPSA) is 81.4 Å². The van der Waals surface area contributed by atoms with Gasteiger partial charge in [0.25, 0.3) is 0 Å². The number of nitrogens with two attached hydrogens (primary N) is 1. The second kappa shape index (κ2) is 8.44. The van der Waals surface area contributed by atoms with E-state index in [4.69, 9.17) is 10.5 Å². The second-order valence-corrected chi connectivity index (χ2v) is 6.22. The van der Waals surface area contributed by atoms with Crippen LogP contribution >= 0.6 is 12.4 Å². The maximum atomic E-state index is 13.6. The van der Waals surface area contributed by atoms with Crippen LogP contribution in [-0.4, -0.2) is 30.9 Å². The first-order chi connectivity index (χ1) is 10.9. The molecule has 5 nitrogen and oxygen atoms in total. The van der Waals surface area contributed by atoms with Gasteiger partial charge in [-0.2, -0.15) is 0 Å². The molecule has 0 aromatic heterocycles. The Morgan fingerprint density at radius 2 is 2.04 bits per heavy atom. The molecule has 0 saturated heterocycles. The van der Waals surface area contributed by atoms with Gasteiger partial charge >= 0.3 is 0 Å². The van der Waals surface area contributed by atoms with Crippen LogP contribution in [0.4, 0.5) is 4.39 Å². The van der Waals surface area contributed by atoms with Crippen LogP contribution in [0.25, 0.3) is 0 Å². The van der Waals surface area contributed by atoms with Crippen LogP contribution in [0, 0.1) is 11.7 Å². The number of rotatable bonds is 8. The molecule has 1 aliphatic carbocycles. The summed E-state index contributed by atoms with van der Waals surface area (Å²) in [5.74, 6) is -0.563. The van der Waals surface area contributed by atoms with Crippen molar-refractivity contribution in [1.29, 1.82) is 0 Å². The van der Waals surface area contributed by atoms with Crippen LogP contribution in [-0.2, 0) is 4.79 Å². The Morgan fingerprint density at radius 3 is 2.54 bits per heavy atom. The highest BCUT2D eigenvalue weighted by molar-refractivity contribution is 5.98. The van der Waals surface area contributed by atoms with E-state index in [0.717, 1.165) is 18.9 Å². The van der Waals surface area contributed by atoms with Crippen LogP contribution in [0.5, 0.6) is 5.75 Å². The molecule has 1 aromatic carbocycles. The van der Waals surface area contributed by atoms with Crippen LogP contribution in [0.1, 0.15) is 43.0 Å². The Bertz CT molecular complexity index is 607. The summed E-state index contributed by atoms with van der Waals surface area (Å²) in [4.78, 5) is 24.1. The quantitative estimate of drug-likeness (QED) is 0.699. The molecule has 0 aliphatic heterocycles. The third-order valence-corrected chi connectivity index (χ3v) is 4.38. The Morgan fingerprint density at radius 1 is 1.38 bits per heavy atom. The lowest BCUT2D eigenvalue weighted by Crippen LogP contribution is -2.53. The molecule has 1 saturated carbocycles. The van der Waals surface area contributed by atoms with E-state index in [1.807, 2.05) is 6.92 Å². The van der Waals surface area contributed by atoms with Crippen molar-refractivity contribution in [2.75, 3.05) is 13.7 Å². The third-order valence-electron chi connectivity index (χ3n) is 4.38. The van der Waals surface area contributed by atoms with Crippen molar-refractivity contribution < 1.29 is 18.7 Å². The molecule has 0 radical (unpaired) electrons. The molecule has 134 valence electrons. The van der Waals surface area contributed by atoms with Gasteiger partial charge in [-0.15, -0.1) is 12.4 Å². The van der Waals surface area contributed by atoms with Gasteiger partial charge in [-0.25, -0.2) is 4.39 Å². The molecule has 1 aromatic rings. The fourth-order valence-electron chi connectivity index (χ4n) is 2.63. The number of methoxy groups -OCH3 is 1. The standard InChI is InChI=1S/C17H23FN2O3.ClH/c1-17(10-19,12-4-5-12)20-16(22)8-6-14(21)11-3-7-15(23-2)13(18)9-11;/h3,7,9,12H,4-6,8,10,19H2,1-2H3,(H,20,22);1H. The zero-order valence-electron chi connectivity index (χ0n) is 13.9. The van der Waals surface area contributed by atoms with E-state index in [9.17, 15) is 14.0 Å². The Kier molecular flexibility index (Phi) is 7.17. The molecule has 1 unspecified atom stereocenters. The summed E-state index contributed by atoms with van der Waals surface area (Å²) in [6, 6.07) is 4.03. The molecular weight excluding hydrogens is 335 g/mol. The summed E-state index contributed by atoms with van der Waals surface area (Å²) in [5, 5.41) is 2.93. The number of carbonyl (C=O) groups excluding carboxylic acids is 2. The SMILES string of the molecule is COc1ccc(C(=O)CCC(=O)NC(C)(CN)C2CC2)cc1F.Cl. The fourth-order valence-corrected chi connectivity index (χ4v) is 2.63. The summed E-state index contributed by atoms with van der Waals surface area (Å²) >= 11 is 0. The lowest BCUT2D eigenvalue weighted by molar-refractivity contribution is -0.123. The van der Waals surface area contributed by atoms with Gasteiger partial charge in [0.2, 0.25) is 5.91 Å². The minimum Gasteiger partial charge on any atom is -0.494 e. The lowest BCUT2D eigenvalue weighted by Gasteiger charge is -2.29. The molecule has 0 spiro atoms. The number of carbonyl (C=O) groups is 2. The molecule has 1 amide bonds. The summed E-state index contributed by atoms with van der Waals surface area (Å²) in [7, 11) is 1.36. The highest BCUT2D eigenvalue weighted by Crippen LogP contribution is 2.39. The van der Waals surface area contributed by atoms with Gasteiger partial charge in [0.05, 0.1) is 12.6 Å². The summed E-state index contributed by atoms with van der Waals surface area (Å²) in [6.07, 6.45) is 2.23. The average molecular weight is 359 g/mol. The van der Waals surface area contributed by atoms with Gasteiger partial charge in [-0.1, -0.05) is 0 Å². The summed E-state index contributed by atoms with van der Waals surface area (Å²) in [5.41, 5.74) is 5.59. The van der Waals surface area contributed by atoms with Crippen molar-refractivity contribution in [3.63, 3.8) is 0 Å². The van der Waals surface area contributed by atoms with E-state index < -0.39 is 11.4 Å². The monoisotopic (exact) mass is 358 g/mol. The average Bonchev–Trinajstić information content (AvgIpc) is 3.37. The minimum atomic E-state index is -0.591. The first kappa shape index (κ1) is 20.4. The normalized spacial score (nSPS) is 15.8. The van der Waals surface area contributed by atoms with E-state index in [-0.39, 0.29) is 48.3 Å². The number of ketones is 1. The van der Waals surface area contributed by atoms with Crippen molar-refractivity contribution >= 4 is 24.1 Å². The molecule has 3 N–H and O–H groups in total. The first-order valence-electron chi connectivity index (χ1n) is 7.77. The van der Waals surface area contributed by atoms with E-state index in [1.165, 1.54) is 19.2 Å². The zero-order chi connectivity index (χ0) is 17.0. The fraction of sp³-hybridized carbons (Fsp3) is 0.529. The van der Waals surface area contributed by atoms with Gasteiger partial charge in [-0.3, -0.25) is 9.59 Å². The van der Waals surface area contributed by atoms with E-state index >= 15 is 0 Å². The third kappa shape index (κ3) is 4.92. The maximum Gasteiger partial charge on any atom is 0.220 e. The molecule has 7 heteroatoms. The van der Waals surface area contributed by atoms with Crippen LogP contribution in [0.2, 0.25) is 0 Å². The molecule has 2 rings (SSSR count). The molecule has 0 bridgehead atoms. The molecule has 1 atom stereocenters. The second-order valence-electron chi connectivity index (χ2n) is 6.22. The van der Waals surface area contributed by atoms with E-state index in [0.29, 0.717) is 12.5 Å². The van der Waals surface area contributed by atoms with Crippen molar-refractivity contribution in [3.8, 4) is 5.75 Å². The van der Waals surface area contributed by atoms with Gasteiger partial charge < -0.3 is 15.8 Å². The van der Waals surface area contributed by atoms with E-state index in [1.54, 1.807) is 0 Å². The van der Waals surface area contributed by atoms with Crippen molar-refractivity contribution in [2.45, 2.75) is 38.1 Å². The Labute approximate surface area is 147 Å². The molecule has 1 fully saturated rings. The van der Waals surface area contributed by atoms with Crippen LogP contribution < -0.4 is 15.8 Å². The number of nitrogens with one attached hydrogen (secondary N) is 1. The number of halogens is 2. The van der Waals surface area contributed by atoms with Gasteiger partial charge in [-0.05, 0) is 43.9 Å². The molecule has 0 heterocycles. The number of ether oxygens (including phenoxy) is 1. The predicted octanol–water partition coefficient (Wildman–Crippen LogP) is 2.46. The number of Topliss-reactive ketones (excluding diaryl/α,β-unsaturated/α-hetero) is 1. The summed E-state index contributed by atoms with van der Waals surface area (Å²) < 4.78 is 18.4.